The molecule has 1 aliphatic rings. The van der Waals surface area contributed by atoms with E-state index in [2.05, 4.69) is 16.0 Å². The molecule has 14 heteroatoms. The number of carbonyl (C=O) groups is 6. The second kappa shape index (κ2) is 17.3. The van der Waals surface area contributed by atoms with Crippen molar-refractivity contribution in [3.63, 3.8) is 0 Å². The maximum absolute atomic E-state index is 13.9. The zero-order chi connectivity index (χ0) is 35.5. The van der Waals surface area contributed by atoms with Gasteiger partial charge in [0.05, 0.1) is 0 Å². The van der Waals surface area contributed by atoms with Crippen LogP contribution in [0.3, 0.4) is 0 Å². The normalized spacial score (nSPS) is 16.2. The molecule has 4 rings (SSSR count). The first kappa shape index (κ1) is 36.7. The number of carbonyl (C=O) groups excluding carboxylic acids is 5. The van der Waals surface area contributed by atoms with E-state index in [9.17, 15) is 39.0 Å². The SMILES string of the molecule is NC(=O)C(Cc1ccc(O)cc1)NC(=O)C(Cc1ccc2ccccc2c1)NC(=O)C1CCCCN1C(=O)C(CCC(=O)O)NC(=O)CCl. The molecule has 0 bridgehead atoms. The minimum Gasteiger partial charge on any atom is -0.508 e. The summed E-state index contributed by atoms with van der Waals surface area (Å²) in [6.45, 7) is 0.176. The van der Waals surface area contributed by atoms with Gasteiger partial charge in [0.15, 0.2) is 0 Å². The van der Waals surface area contributed by atoms with Gasteiger partial charge < -0.3 is 36.8 Å². The van der Waals surface area contributed by atoms with Crippen LogP contribution in [-0.2, 0) is 41.6 Å². The number of aliphatic carboxylic acids is 1. The first-order chi connectivity index (χ1) is 23.4. The van der Waals surface area contributed by atoms with Gasteiger partial charge in [0, 0.05) is 25.8 Å². The van der Waals surface area contributed by atoms with Gasteiger partial charge in [0.2, 0.25) is 29.5 Å². The molecule has 5 amide bonds. The summed E-state index contributed by atoms with van der Waals surface area (Å²) in [6.07, 6.45) is 0.918. The Balaban J connectivity index is 1.59. The van der Waals surface area contributed by atoms with Crippen molar-refractivity contribution in [1.29, 1.82) is 0 Å². The Labute approximate surface area is 288 Å². The number of carboxylic acids is 1. The molecule has 3 aromatic rings. The molecule has 7 N–H and O–H groups in total. The molecule has 1 heterocycles. The number of alkyl halides is 1. The molecule has 0 radical (unpaired) electrons. The van der Waals surface area contributed by atoms with Gasteiger partial charge in [0.25, 0.3) is 0 Å². The fraction of sp³-hybridized carbons (Fsp3) is 0.371. The van der Waals surface area contributed by atoms with Crippen LogP contribution in [0.4, 0.5) is 0 Å². The van der Waals surface area contributed by atoms with Gasteiger partial charge >= 0.3 is 5.97 Å². The highest BCUT2D eigenvalue weighted by Crippen LogP contribution is 2.21. The number of phenolic OH excluding ortho intramolecular Hbond substituents is 1. The van der Waals surface area contributed by atoms with Crippen molar-refractivity contribution in [3.8, 4) is 5.75 Å². The van der Waals surface area contributed by atoms with Crippen molar-refractivity contribution in [1.82, 2.24) is 20.9 Å². The third kappa shape index (κ3) is 10.4. The highest BCUT2D eigenvalue weighted by atomic mass is 35.5. The lowest BCUT2D eigenvalue weighted by atomic mass is 9.97. The summed E-state index contributed by atoms with van der Waals surface area (Å²) >= 11 is 5.63. The van der Waals surface area contributed by atoms with Crippen molar-refractivity contribution >= 4 is 57.9 Å². The molecule has 1 saturated heterocycles. The number of fused-ring (bicyclic) bond motifs is 1. The van der Waals surface area contributed by atoms with Crippen LogP contribution < -0.4 is 21.7 Å². The predicted octanol–water partition coefficient (Wildman–Crippen LogP) is 1.75. The predicted molar refractivity (Wildman–Crippen MR) is 181 cm³/mol. The van der Waals surface area contributed by atoms with E-state index in [-0.39, 0.29) is 38.0 Å². The maximum Gasteiger partial charge on any atom is 0.303 e. The Morgan fingerprint density at radius 3 is 2.18 bits per heavy atom. The molecule has 0 saturated carbocycles. The van der Waals surface area contributed by atoms with E-state index in [1.165, 1.54) is 17.0 Å². The number of carboxylic acid groups (broad SMARTS) is 1. The molecule has 3 aromatic carbocycles. The van der Waals surface area contributed by atoms with Gasteiger partial charge in [-0.25, -0.2) is 0 Å². The Morgan fingerprint density at radius 2 is 1.51 bits per heavy atom. The van der Waals surface area contributed by atoms with Crippen molar-refractivity contribution < 1.29 is 39.0 Å². The third-order valence-electron chi connectivity index (χ3n) is 8.41. The van der Waals surface area contributed by atoms with Gasteiger partial charge in [-0.1, -0.05) is 54.6 Å². The van der Waals surface area contributed by atoms with Gasteiger partial charge in [0.1, 0.15) is 35.8 Å². The summed E-state index contributed by atoms with van der Waals surface area (Å²) in [5.41, 5.74) is 7.01. The lowest BCUT2D eigenvalue weighted by molar-refractivity contribution is -0.146. The van der Waals surface area contributed by atoms with Crippen LogP contribution in [0.1, 0.15) is 43.2 Å². The van der Waals surface area contributed by atoms with E-state index in [4.69, 9.17) is 17.3 Å². The van der Waals surface area contributed by atoms with E-state index in [1.54, 1.807) is 12.1 Å². The van der Waals surface area contributed by atoms with Crippen LogP contribution >= 0.6 is 11.6 Å². The number of hydrogen-bond donors (Lipinski definition) is 6. The smallest absolute Gasteiger partial charge is 0.303 e. The second-order valence-electron chi connectivity index (χ2n) is 12.0. The lowest BCUT2D eigenvalue weighted by Gasteiger charge is -2.37. The van der Waals surface area contributed by atoms with Crippen LogP contribution in [0.25, 0.3) is 10.8 Å². The van der Waals surface area contributed by atoms with E-state index in [0.29, 0.717) is 18.4 Å². The summed E-state index contributed by atoms with van der Waals surface area (Å²) < 4.78 is 0. The molecule has 0 aromatic heterocycles. The monoisotopic (exact) mass is 693 g/mol. The minimum absolute atomic E-state index is 0.0337. The zero-order valence-corrected chi connectivity index (χ0v) is 27.5. The first-order valence-electron chi connectivity index (χ1n) is 16.0. The number of phenols is 1. The Morgan fingerprint density at radius 1 is 0.837 bits per heavy atom. The van der Waals surface area contributed by atoms with E-state index >= 15 is 0 Å². The minimum atomic E-state index is -1.22. The molecular formula is C35H40ClN5O8. The highest BCUT2D eigenvalue weighted by Gasteiger charge is 2.38. The van der Waals surface area contributed by atoms with Gasteiger partial charge in [-0.15, -0.1) is 11.6 Å². The fourth-order valence-electron chi connectivity index (χ4n) is 5.87. The highest BCUT2D eigenvalue weighted by molar-refractivity contribution is 6.27. The second-order valence-corrected chi connectivity index (χ2v) is 12.3. The van der Waals surface area contributed by atoms with Crippen molar-refractivity contribution in [2.45, 2.75) is 69.1 Å². The van der Waals surface area contributed by atoms with Crippen LogP contribution in [-0.4, -0.2) is 87.2 Å². The number of nitrogens with one attached hydrogen (secondary N) is 3. The molecule has 0 spiro atoms. The molecule has 49 heavy (non-hydrogen) atoms. The number of halogens is 1. The number of benzene rings is 3. The summed E-state index contributed by atoms with van der Waals surface area (Å²) in [4.78, 5) is 78.5. The molecule has 1 aliphatic heterocycles. The van der Waals surface area contributed by atoms with Crippen molar-refractivity contribution in [3.05, 3.63) is 77.9 Å². The van der Waals surface area contributed by atoms with Crippen molar-refractivity contribution in [2.75, 3.05) is 12.4 Å². The van der Waals surface area contributed by atoms with Crippen LogP contribution in [0, 0.1) is 0 Å². The first-order valence-corrected chi connectivity index (χ1v) is 16.5. The number of primary amides is 1. The molecule has 1 fully saturated rings. The van der Waals surface area contributed by atoms with Crippen LogP contribution in [0.15, 0.2) is 66.7 Å². The number of nitrogens with two attached hydrogens (primary N) is 1. The largest absolute Gasteiger partial charge is 0.508 e. The van der Waals surface area contributed by atoms with Gasteiger partial charge in [-0.2, -0.15) is 0 Å². The Hall–Kier alpha value is -5.17. The molecule has 0 aliphatic carbocycles. The number of nitrogens with zero attached hydrogens (tertiary/aromatic N) is 1. The summed E-state index contributed by atoms with van der Waals surface area (Å²) in [6, 6.07) is 14.8. The number of hydrogen-bond acceptors (Lipinski definition) is 7. The third-order valence-corrected chi connectivity index (χ3v) is 8.66. The quantitative estimate of drug-likeness (QED) is 0.129. The fourth-order valence-corrected chi connectivity index (χ4v) is 5.94. The van der Waals surface area contributed by atoms with E-state index in [1.807, 2.05) is 42.5 Å². The lowest BCUT2D eigenvalue weighted by Crippen LogP contribution is -2.60. The summed E-state index contributed by atoms with van der Waals surface area (Å²) in [5, 5.41) is 28.6. The Kier molecular flexibility index (Phi) is 12.9. The summed E-state index contributed by atoms with van der Waals surface area (Å²) in [5.74, 6) is -4.95. The number of rotatable bonds is 15. The summed E-state index contributed by atoms with van der Waals surface area (Å²) in [7, 11) is 0. The Bertz CT molecular complexity index is 1680. The van der Waals surface area contributed by atoms with Gasteiger partial charge in [-0.3, -0.25) is 28.8 Å². The average Bonchev–Trinajstić information content (AvgIpc) is 3.09. The standard InChI is InChI=1S/C35H40ClN5O8/c36-20-30(43)38-26(14-15-31(44)45)35(49)41-16-4-3-7-29(41)34(48)40-28(19-22-8-11-23-5-1-2-6-24(23)17-22)33(47)39-27(32(37)46)18-21-9-12-25(42)13-10-21/h1-2,5-6,8-13,17,26-29,42H,3-4,7,14-16,18-20H2,(H2,37,46)(H,38,43)(H,39,47)(H,40,48)(H,44,45). The molecule has 4 atom stereocenters. The van der Waals surface area contributed by atoms with Crippen LogP contribution in [0.2, 0.25) is 0 Å². The maximum atomic E-state index is 13.9. The average molecular weight is 694 g/mol. The zero-order valence-electron chi connectivity index (χ0n) is 26.8. The number of aromatic hydroxyl groups is 1. The molecule has 4 unspecified atom stereocenters. The topological polar surface area (TPSA) is 208 Å². The number of amides is 5. The molecule has 260 valence electrons. The number of piperidine rings is 1. The number of likely N-dealkylation sites (tertiary alicyclic amines) is 1. The van der Waals surface area contributed by atoms with Crippen molar-refractivity contribution in [2.24, 2.45) is 5.73 Å². The van der Waals surface area contributed by atoms with Crippen LogP contribution in [0.5, 0.6) is 5.75 Å². The van der Waals surface area contributed by atoms with E-state index in [0.717, 1.165) is 16.3 Å². The molecule has 13 nitrogen and oxygen atoms in total. The van der Waals surface area contributed by atoms with Gasteiger partial charge in [-0.05, 0) is 59.7 Å². The molecular weight excluding hydrogens is 654 g/mol. The van der Waals surface area contributed by atoms with E-state index < -0.39 is 72.0 Å².